The molecular weight excluding hydrogens is 374 g/mol. The molecule has 2 N–H and O–H groups in total. The number of guanidine groups is 1. The van der Waals surface area contributed by atoms with Crippen molar-refractivity contribution in [2.45, 2.75) is 38.6 Å². The molecule has 0 saturated carbocycles. The van der Waals surface area contributed by atoms with Crippen LogP contribution >= 0.6 is 11.6 Å². The second-order valence-electron chi connectivity index (χ2n) is 7.31. The average molecular weight is 408 g/mol. The maximum atomic E-state index is 12.3. The summed E-state index contributed by atoms with van der Waals surface area (Å²) in [5, 5.41) is 7.46. The first-order chi connectivity index (χ1) is 13.5. The molecule has 1 saturated heterocycles. The van der Waals surface area contributed by atoms with Crippen LogP contribution in [0.3, 0.4) is 0 Å². The number of nitrogens with zero attached hydrogens (tertiary/aromatic N) is 3. The summed E-state index contributed by atoms with van der Waals surface area (Å²) in [4.78, 5) is 20.9. The molecule has 1 aliphatic heterocycles. The van der Waals surface area contributed by atoms with Gasteiger partial charge in [-0.15, -0.1) is 0 Å². The molecule has 1 unspecified atom stereocenters. The first kappa shape index (κ1) is 22.5. The minimum Gasteiger partial charge on any atom is -0.357 e. The number of rotatable bonds is 9. The molecule has 1 aliphatic rings. The van der Waals surface area contributed by atoms with Gasteiger partial charge in [0.25, 0.3) is 0 Å². The maximum absolute atomic E-state index is 12.3. The van der Waals surface area contributed by atoms with E-state index >= 15 is 0 Å². The highest BCUT2D eigenvalue weighted by molar-refractivity contribution is 6.31. The molecule has 6 nitrogen and oxygen atoms in total. The van der Waals surface area contributed by atoms with E-state index in [1.807, 2.05) is 32.3 Å². The van der Waals surface area contributed by atoms with E-state index in [1.165, 1.54) is 0 Å². The van der Waals surface area contributed by atoms with E-state index in [2.05, 4.69) is 33.5 Å². The number of likely N-dealkylation sites (N-methyl/N-ethyl adjacent to an activating group) is 1. The monoisotopic (exact) mass is 407 g/mol. The lowest BCUT2D eigenvalue weighted by molar-refractivity contribution is -0.133. The number of halogens is 1. The molecule has 0 bridgehead atoms. The van der Waals surface area contributed by atoms with Crippen LogP contribution in [0.15, 0.2) is 29.3 Å². The summed E-state index contributed by atoms with van der Waals surface area (Å²) in [6.45, 7) is 6.31. The van der Waals surface area contributed by atoms with Gasteiger partial charge >= 0.3 is 0 Å². The Hall–Kier alpha value is -1.79. The number of amides is 1. The number of hydrogen-bond donors (Lipinski definition) is 2. The summed E-state index contributed by atoms with van der Waals surface area (Å²) in [6.07, 6.45) is 3.86. The highest BCUT2D eigenvalue weighted by Gasteiger charge is 2.30. The number of carbonyl (C=O) groups is 1. The van der Waals surface area contributed by atoms with Crippen molar-refractivity contribution in [3.05, 3.63) is 34.9 Å². The van der Waals surface area contributed by atoms with Crippen molar-refractivity contribution in [1.82, 2.24) is 20.4 Å². The Morgan fingerprint density at radius 3 is 2.82 bits per heavy atom. The quantitative estimate of drug-likeness (QED) is 0.375. The summed E-state index contributed by atoms with van der Waals surface area (Å²) >= 11 is 6.21. The van der Waals surface area contributed by atoms with Gasteiger partial charge in [0.05, 0.1) is 6.04 Å². The third-order valence-electron chi connectivity index (χ3n) is 4.95. The van der Waals surface area contributed by atoms with Gasteiger partial charge in [0.1, 0.15) is 0 Å². The molecule has 1 aromatic carbocycles. The first-order valence-corrected chi connectivity index (χ1v) is 10.6. The lowest BCUT2D eigenvalue weighted by Crippen LogP contribution is -2.43. The summed E-state index contributed by atoms with van der Waals surface area (Å²) in [6, 6.07) is 7.97. The van der Waals surface area contributed by atoms with Gasteiger partial charge in [-0.1, -0.05) is 29.8 Å². The van der Waals surface area contributed by atoms with Crippen LogP contribution in [-0.2, 0) is 11.2 Å². The second-order valence-corrected chi connectivity index (χ2v) is 7.72. The van der Waals surface area contributed by atoms with Gasteiger partial charge < -0.3 is 15.5 Å². The van der Waals surface area contributed by atoms with E-state index in [9.17, 15) is 4.79 Å². The predicted octanol–water partition coefficient (Wildman–Crippen LogP) is 2.38. The fourth-order valence-corrected chi connectivity index (χ4v) is 3.72. The maximum Gasteiger partial charge on any atom is 0.239 e. The SMILES string of the molecule is CCNC(=NCCCN1CCCC1C(=O)N(C)C)NCCc1ccccc1Cl. The van der Waals surface area contributed by atoms with Gasteiger partial charge in [-0.05, 0) is 50.8 Å². The normalized spacial score (nSPS) is 17.6. The lowest BCUT2D eigenvalue weighted by Gasteiger charge is -2.25. The lowest BCUT2D eigenvalue weighted by atomic mass is 10.1. The topological polar surface area (TPSA) is 60.0 Å². The fraction of sp³-hybridized carbons (Fsp3) is 0.619. The smallest absolute Gasteiger partial charge is 0.239 e. The van der Waals surface area contributed by atoms with Crippen molar-refractivity contribution >= 4 is 23.5 Å². The molecule has 28 heavy (non-hydrogen) atoms. The molecule has 1 atom stereocenters. The van der Waals surface area contributed by atoms with Crippen LogP contribution in [0.4, 0.5) is 0 Å². The highest BCUT2D eigenvalue weighted by Crippen LogP contribution is 2.19. The van der Waals surface area contributed by atoms with E-state index < -0.39 is 0 Å². The van der Waals surface area contributed by atoms with Crippen LogP contribution in [0.5, 0.6) is 0 Å². The minimum atomic E-state index is 0.0426. The molecule has 156 valence electrons. The van der Waals surface area contributed by atoms with E-state index in [-0.39, 0.29) is 11.9 Å². The third-order valence-corrected chi connectivity index (χ3v) is 5.32. The molecule has 0 radical (unpaired) electrons. The highest BCUT2D eigenvalue weighted by atomic mass is 35.5. The summed E-state index contributed by atoms with van der Waals surface area (Å²) in [5.41, 5.74) is 1.14. The minimum absolute atomic E-state index is 0.0426. The van der Waals surface area contributed by atoms with Crippen molar-refractivity contribution in [2.75, 3.05) is 46.8 Å². The average Bonchev–Trinajstić information content (AvgIpc) is 3.14. The van der Waals surface area contributed by atoms with Gasteiger partial charge in [-0.25, -0.2) is 0 Å². The third kappa shape index (κ3) is 6.99. The van der Waals surface area contributed by atoms with Crippen LogP contribution in [-0.4, -0.2) is 74.5 Å². The molecule has 1 fully saturated rings. The molecule has 1 amide bonds. The first-order valence-electron chi connectivity index (χ1n) is 10.2. The number of hydrogen-bond acceptors (Lipinski definition) is 3. The fourth-order valence-electron chi connectivity index (χ4n) is 3.49. The Bertz CT molecular complexity index is 649. The van der Waals surface area contributed by atoms with E-state index in [0.717, 1.165) is 75.0 Å². The van der Waals surface area contributed by atoms with Crippen LogP contribution in [0, 0.1) is 0 Å². The summed E-state index contributed by atoms with van der Waals surface area (Å²) in [7, 11) is 3.67. The van der Waals surface area contributed by atoms with Crippen molar-refractivity contribution in [3.8, 4) is 0 Å². The van der Waals surface area contributed by atoms with Gasteiger partial charge in [0.2, 0.25) is 5.91 Å². The van der Waals surface area contributed by atoms with E-state index in [0.29, 0.717) is 0 Å². The van der Waals surface area contributed by atoms with E-state index in [1.54, 1.807) is 4.90 Å². The Morgan fingerprint density at radius 1 is 1.32 bits per heavy atom. The van der Waals surface area contributed by atoms with Gasteiger partial charge in [-0.3, -0.25) is 14.7 Å². The summed E-state index contributed by atoms with van der Waals surface area (Å²) < 4.78 is 0. The van der Waals surface area contributed by atoms with Crippen molar-refractivity contribution in [1.29, 1.82) is 0 Å². The molecular formula is C21H34ClN5O. The molecule has 1 aromatic rings. The van der Waals surface area contributed by atoms with Gasteiger partial charge in [0, 0.05) is 45.3 Å². The molecule has 0 aromatic heterocycles. The predicted molar refractivity (Wildman–Crippen MR) is 117 cm³/mol. The Balaban J connectivity index is 1.76. The van der Waals surface area contributed by atoms with Crippen molar-refractivity contribution in [2.24, 2.45) is 4.99 Å². The zero-order chi connectivity index (χ0) is 20.4. The van der Waals surface area contributed by atoms with Crippen LogP contribution in [0.1, 0.15) is 31.7 Å². The Kier molecular flexibility index (Phi) is 9.58. The standard InChI is InChI=1S/C21H34ClN5O/c1-4-23-21(25-14-12-17-9-5-6-10-18(17)22)24-13-8-16-27-15-7-11-19(27)20(28)26(2)3/h5-6,9-10,19H,4,7-8,11-16H2,1-3H3,(H2,23,24,25). The Morgan fingerprint density at radius 2 is 2.11 bits per heavy atom. The molecule has 0 aliphatic carbocycles. The van der Waals surface area contributed by atoms with Crippen LogP contribution in [0.2, 0.25) is 5.02 Å². The number of likely N-dealkylation sites (tertiary alicyclic amines) is 1. The number of benzene rings is 1. The van der Waals surface area contributed by atoms with Crippen molar-refractivity contribution in [3.63, 3.8) is 0 Å². The Labute approximate surface area is 174 Å². The van der Waals surface area contributed by atoms with Crippen molar-refractivity contribution < 1.29 is 4.79 Å². The molecule has 2 rings (SSSR count). The number of carbonyl (C=O) groups excluding carboxylic acids is 1. The van der Waals surface area contributed by atoms with E-state index in [4.69, 9.17) is 11.6 Å². The zero-order valence-electron chi connectivity index (χ0n) is 17.4. The van der Waals surface area contributed by atoms with Gasteiger partial charge in [-0.2, -0.15) is 0 Å². The largest absolute Gasteiger partial charge is 0.357 e. The van der Waals surface area contributed by atoms with Crippen LogP contribution in [0.25, 0.3) is 0 Å². The molecule has 1 heterocycles. The molecule has 7 heteroatoms. The van der Waals surface area contributed by atoms with Gasteiger partial charge in [0.15, 0.2) is 5.96 Å². The summed E-state index contributed by atoms with van der Waals surface area (Å²) in [5.74, 6) is 1.05. The zero-order valence-corrected chi connectivity index (χ0v) is 18.1. The van der Waals surface area contributed by atoms with Crippen LogP contribution < -0.4 is 10.6 Å². The molecule has 0 spiro atoms. The second kappa shape index (κ2) is 11.9. The number of nitrogens with one attached hydrogen (secondary N) is 2. The number of aliphatic imine (C=N–C) groups is 1.